The number of benzene rings is 2. The second-order valence-electron chi connectivity index (χ2n) is 5.59. The Morgan fingerprint density at radius 2 is 1.76 bits per heavy atom. The van der Waals surface area contributed by atoms with Gasteiger partial charge in [-0.25, -0.2) is 5.43 Å². The van der Waals surface area contributed by atoms with Gasteiger partial charge >= 0.3 is 0 Å². The summed E-state index contributed by atoms with van der Waals surface area (Å²) in [5.41, 5.74) is 6.45. The van der Waals surface area contributed by atoms with Gasteiger partial charge in [0.25, 0.3) is 5.91 Å². The Bertz CT molecular complexity index is 777. The fourth-order valence-corrected chi connectivity index (χ4v) is 2.10. The molecule has 0 saturated carbocycles. The molecule has 0 bridgehead atoms. The standard InChI is InChI=1S/C21H23N3O/c1-17-10-6-9-15-20(17)22-16-21(25)24-23-18(2)11-7-8-14-19-12-4-3-5-13-19/h3-15,22H,16H2,1-2H3,(H,24,25)/b11-7+,14-8+,23-18+. The molecule has 4 nitrogen and oxygen atoms in total. The molecule has 0 atom stereocenters. The van der Waals surface area contributed by atoms with E-state index in [0.29, 0.717) is 0 Å². The van der Waals surface area contributed by atoms with Crippen molar-refractivity contribution < 1.29 is 4.79 Å². The van der Waals surface area contributed by atoms with Crippen LogP contribution in [-0.2, 0) is 4.79 Å². The first-order valence-corrected chi connectivity index (χ1v) is 8.17. The lowest BCUT2D eigenvalue weighted by Crippen LogP contribution is -2.26. The maximum Gasteiger partial charge on any atom is 0.259 e. The van der Waals surface area contributed by atoms with Gasteiger partial charge in [-0.2, -0.15) is 5.10 Å². The third kappa shape index (κ3) is 6.87. The number of nitrogens with one attached hydrogen (secondary N) is 2. The molecular formula is C21H23N3O. The lowest BCUT2D eigenvalue weighted by molar-refractivity contribution is -0.119. The zero-order chi connectivity index (χ0) is 17.9. The van der Waals surface area contributed by atoms with Gasteiger partial charge in [-0.05, 0) is 37.1 Å². The molecule has 0 unspecified atom stereocenters. The third-order valence-electron chi connectivity index (χ3n) is 3.48. The Hall–Kier alpha value is -3.14. The predicted octanol–water partition coefficient (Wildman–Crippen LogP) is 4.17. The molecule has 1 amide bonds. The summed E-state index contributed by atoms with van der Waals surface area (Å²) in [6.07, 6.45) is 7.68. The molecule has 0 heterocycles. The van der Waals surface area contributed by atoms with E-state index in [1.807, 2.05) is 92.7 Å². The molecule has 0 radical (unpaired) electrons. The molecule has 128 valence electrons. The van der Waals surface area contributed by atoms with E-state index in [2.05, 4.69) is 15.8 Å². The van der Waals surface area contributed by atoms with Crippen LogP contribution in [0.1, 0.15) is 18.1 Å². The van der Waals surface area contributed by atoms with Crippen molar-refractivity contribution in [3.8, 4) is 0 Å². The summed E-state index contributed by atoms with van der Waals surface area (Å²) < 4.78 is 0. The first kappa shape index (κ1) is 18.2. The minimum absolute atomic E-state index is 0.180. The molecular weight excluding hydrogens is 310 g/mol. The van der Waals surface area contributed by atoms with Gasteiger partial charge in [0.05, 0.1) is 12.3 Å². The van der Waals surface area contributed by atoms with Crippen LogP contribution >= 0.6 is 0 Å². The van der Waals surface area contributed by atoms with Crippen molar-refractivity contribution >= 4 is 23.4 Å². The fourth-order valence-electron chi connectivity index (χ4n) is 2.10. The van der Waals surface area contributed by atoms with Gasteiger partial charge in [0.1, 0.15) is 0 Å². The summed E-state index contributed by atoms with van der Waals surface area (Å²) >= 11 is 0. The Kier molecular flexibility index (Phi) is 7.19. The van der Waals surface area contributed by atoms with Crippen LogP contribution < -0.4 is 10.7 Å². The number of aryl methyl sites for hydroxylation is 1. The van der Waals surface area contributed by atoms with Crippen LogP contribution in [0.2, 0.25) is 0 Å². The van der Waals surface area contributed by atoms with Crippen LogP contribution in [0.4, 0.5) is 5.69 Å². The van der Waals surface area contributed by atoms with Crippen LogP contribution in [0, 0.1) is 6.92 Å². The molecule has 0 aliphatic rings. The first-order chi connectivity index (χ1) is 12.1. The zero-order valence-corrected chi connectivity index (χ0v) is 14.6. The van der Waals surface area contributed by atoms with Crippen LogP contribution in [0.15, 0.2) is 77.9 Å². The highest BCUT2D eigenvalue weighted by atomic mass is 16.2. The summed E-state index contributed by atoms with van der Waals surface area (Å²) in [5, 5.41) is 7.16. The predicted molar refractivity (Wildman–Crippen MR) is 106 cm³/mol. The van der Waals surface area contributed by atoms with E-state index in [1.54, 1.807) is 0 Å². The average molecular weight is 333 g/mol. The highest BCUT2D eigenvalue weighted by Crippen LogP contribution is 2.12. The van der Waals surface area contributed by atoms with E-state index in [1.165, 1.54) is 0 Å². The summed E-state index contributed by atoms with van der Waals surface area (Å²) in [5.74, 6) is -0.184. The number of allylic oxidation sites excluding steroid dienone is 3. The number of amides is 1. The van der Waals surface area contributed by atoms with Gasteiger partial charge in [-0.15, -0.1) is 0 Å². The maximum absolute atomic E-state index is 11.8. The number of hydrogen-bond acceptors (Lipinski definition) is 3. The normalized spacial score (nSPS) is 11.8. The summed E-state index contributed by atoms with van der Waals surface area (Å²) in [6.45, 7) is 4.01. The molecule has 0 spiro atoms. The van der Waals surface area contributed by atoms with Gasteiger partial charge in [-0.1, -0.05) is 66.8 Å². The van der Waals surface area contributed by atoms with E-state index in [-0.39, 0.29) is 12.5 Å². The van der Waals surface area contributed by atoms with E-state index in [4.69, 9.17) is 0 Å². The van der Waals surface area contributed by atoms with Gasteiger partial charge in [-0.3, -0.25) is 4.79 Å². The van der Waals surface area contributed by atoms with Crippen molar-refractivity contribution in [3.05, 3.63) is 84.0 Å². The Morgan fingerprint density at radius 3 is 2.52 bits per heavy atom. The number of para-hydroxylation sites is 1. The van der Waals surface area contributed by atoms with Gasteiger partial charge in [0, 0.05) is 5.69 Å². The SMILES string of the molecule is CC(/C=C/C=C/c1ccccc1)=N\NC(=O)CNc1ccccc1C. The number of carbonyl (C=O) groups excluding carboxylic acids is 1. The van der Waals surface area contributed by atoms with Crippen LogP contribution in [-0.4, -0.2) is 18.2 Å². The quantitative estimate of drug-likeness (QED) is 0.454. The Labute approximate surface area is 149 Å². The maximum atomic E-state index is 11.8. The average Bonchev–Trinajstić information content (AvgIpc) is 2.64. The van der Waals surface area contributed by atoms with Crippen molar-refractivity contribution in [1.82, 2.24) is 5.43 Å². The van der Waals surface area contributed by atoms with E-state index in [9.17, 15) is 4.79 Å². The molecule has 0 fully saturated rings. The van der Waals surface area contributed by atoms with Crippen molar-refractivity contribution in [2.24, 2.45) is 5.10 Å². The van der Waals surface area contributed by atoms with Crippen molar-refractivity contribution in [2.45, 2.75) is 13.8 Å². The summed E-state index contributed by atoms with van der Waals surface area (Å²) in [4.78, 5) is 11.8. The number of hydrazone groups is 1. The highest BCUT2D eigenvalue weighted by molar-refractivity contribution is 5.94. The second-order valence-corrected chi connectivity index (χ2v) is 5.59. The number of anilines is 1. The number of hydrogen-bond donors (Lipinski definition) is 2. The van der Waals surface area contributed by atoms with Crippen molar-refractivity contribution in [2.75, 3.05) is 11.9 Å². The Balaban J connectivity index is 1.76. The van der Waals surface area contributed by atoms with Gasteiger partial charge < -0.3 is 5.32 Å². The molecule has 2 rings (SSSR count). The largest absolute Gasteiger partial charge is 0.376 e. The minimum atomic E-state index is -0.184. The van der Waals surface area contributed by atoms with E-state index >= 15 is 0 Å². The molecule has 0 aliphatic heterocycles. The molecule has 0 aromatic heterocycles. The number of nitrogens with zero attached hydrogens (tertiary/aromatic N) is 1. The van der Waals surface area contributed by atoms with Crippen LogP contribution in [0.25, 0.3) is 6.08 Å². The number of carbonyl (C=O) groups is 1. The molecule has 2 aromatic rings. The van der Waals surface area contributed by atoms with Crippen LogP contribution in [0.3, 0.4) is 0 Å². The first-order valence-electron chi connectivity index (χ1n) is 8.17. The highest BCUT2D eigenvalue weighted by Gasteiger charge is 2.01. The molecule has 0 aliphatic carbocycles. The topological polar surface area (TPSA) is 53.5 Å². The lowest BCUT2D eigenvalue weighted by atomic mass is 10.2. The molecule has 4 heteroatoms. The fraction of sp³-hybridized carbons (Fsp3) is 0.143. The monoisotopic (exact) mass is 333 g/mol. The molecule has 0 saturated heterocycles. The zero-order valence-electron chi connectivity index (χ0n) is 14.6. The summed E-state index contributed by atoms with van der Waals surface area (Å²) in [6, 6.07) is 17.9. The molecule has 2 aromatic carbocycles. The van der Waals surface area contributed by atoms with Gasteiger partial charge in [0.2, 0.25) is 0 Å². The third-order valence-corrected chi connectivity index (χ3v) is 3.48. The van der Waals surface area contributed by atoms with Crippen molar-refractivity contribution in [3.63, 3.8) is 0 Å². The summed E-state index contributed by atoms with van der Waals surface area (Å²) in [7, 11) is 0. The van der Waals surface area contributed by atoms with Gasteiger partial charge in [0.15, 0.2) is 0 Å². The smallest absolute Gasteiger partial charge is 0.259 e. The van der Waals surface area contributed by atoms with Crippen molar-refractivity contribution in [1.29, 1.82) is 0 Å². The van der Waals surface area contributed by atoms with Crippen LogP contribution in [0.5, 0.6) is 0 Å². The van der Waals surface area contributed by atoms with E-state index in [0.717, 1.165) is 22.5 Å². The van der Waals surface area contributed by atoms with E-state index < -0.39 is 0 Å². The Morgan fingerprint density at radius 1 is 1.04 bits per heavy atom. The lowest BCUT2D eigenvalue weighted by Gasteiger charge is -2.08. The molecule has 25 heavy (non-hydrogen) atoms. The minimum Gasteiger partial charge on any atom is -0.376 e. The second kappa shape index (κ2) is 9.88. The molecule has 2 N–H and O–H groups in total. The number of rotatable bonds is 7.